The van der Waals surface area contributed by atoms with Crippen LogP contribution in [-0.4, -0.2) is 58.4 Å². The maximum atomic E-state index is 12.1. The van der Waals surface area contributed by atoms with Gasteiger partial charge in [0.2, 0.25) is 0 Å². The maximum Gasteiger partial charge on any atom is 0.337 e. The van der Waals surface area contributed by atoms with Crippen molar-refractivity contribution in [1.82, 2.24) is 14.5 Å². The molecule has 3 rings (SSSR count). The van der Waals surface area contributed by atoms with Gasteiger partial charge in [0.1, 0.15) is 0 Å². The highest BCUT2D eigenvalue weighted by Crippen LogP contribution is 2.17. The van der Waals surface area contributed by atoms with Crippen LogP contribution in [-0.2, 0) is 11.3 Å². The molecule has 1 aliphatic heterocycles. The third-order valence-electron chi connectivity index (χ3n) is 3.77. The van der Waals surface area contributed by atoms with Crippen molar-refractivity contribution in [1.29, 1.82) is 0 Å². The van der Waals surface area contributed by atoms with E-state index >= 15 is 0 Å². The van der Waals surface area contributed by atoms with E-state index in [1.54, 1.807) is 16.7 Å². The molecule has 0 radical (unpaired) electrons. The lowest BCUT2D eigenvalue weighted by molar-refractivity contribution is -0.0273. The van der Waals surface area contributed by atoms with Crippen LogP contribution >= 0.6 is 0 Å². The Hall–Kier alpha value is -2.12. The van der Waals surface area contributed by atoms with Gasteiger partial charge in [0.05, 0.1) is 35.9 Å². The van der Waals surface area contributed by atoms with Crippen molar-refractivity contribution in [2.45, 2.75) is 12.6 Å². The molecule has 1 saturated heterocycles. The average Bonchev–Trinajstić information content (AvgIpc) is 2.75. The fourth-order valence-corrected chi connectivity index (χ4v) is 2.72. The van der Waals surface area contributed by atoms with E-state index in [0.717, 1.165) is 13.1 Å². The lowest BCUT2D eigenvalue weighted by Gasteiger charge is -2.30. The lowest BCUT2D eigenvalue weighted by Crippen LogP contribution is -2.43. The Labute approximate surface area is 120 Å². The molecule has 1 aliphatic rings. The van der Waals surface area contributed by atoms with Crippen LogP contribution in [0.3, 0.4) is 0 Å². The average molecular weight is 291 g/mol. The molecule has 7 heteroatoms. The summed E-state index contributed by atoms with van der Waals surface area (Å²) in [5.74, 6) is -1.05. The van der Waals surface area contributed by atoms with Gasteiger partial charge in [0.25, 0.3) is 0 Å². The number of fused-ring (bicyclic) bond motifs is 1. The lowest BCUT2D eigenvalue weighted by atomic mass is 10.2. The van der Waals surface area contributed by atoms with E-state index in [1.807, 2.05) is 7.05 Å². The first-order valence-corrected chi connectivity index (χ1v) is 6.81. The molecule has 7 nitrogen and oxygen atoms in total. The number of carboxylic acid groups (broad SMARTS) is 1. The summed E-state index contributed by atoms with van der Waals surface area (Å²) in [6.07, 6.45) is -0.0751. The number of para-hydroxylation sites is 1. The third-order valence-corrected chi connectivity index (χ3v) is 3.77. The molecular formula is C14H17N3O4. The first-order chi connectivity index (χ1) is 10.1. The number of likely N-dealkylation sites (N-methyl/N-ethyl adjacent to an activating group) is 1. The number of H-pyrrole nitrogens is 1. The molecule has 0 aliphatic carbocycles. The minimum absolute atomic E-state index is 0.0751. The van der Waals surface area contributed by atoms with Crippen LogP contribution in [0, 0.1) is 0 Å². The van der Waals surface area contributed by atoms with Crippen LogP contribution in [0.5, 0.6) is 0 Å². The number of aromatic carboxylic acids is 1. The Bertz CT molecular complexity index is 733. The predicted molar refractivity (Wildman–Crippen MR) is 76.8 cm³/mol. The number of imidazole rings is 1. The Balaban J connectivity index is 1.99. The second-order valence-electron chi connectivity index (χ2n) is 5.30. The number of ether oxygens (including phenoxy) is 1. The fourth-order valence-electron chi connectivity index (χ4n) is 2.72. The standard InChI is InChI=1S/C14H17N3O4/c1-16-5-6-21-9(7-16)8-17-11-4-2-3-10(13(18)19)12(11)15-14(17)20/h2-4,9H,5-8H2,1H3,(H,15,20)(H,18,19). The predicted octanol–water partition coefficient (Wildman–Crippen LogP) is 0.358. The minimum Gasteiger partial charge on any atom is -0.478 e. The number of aromatic nitrogens is 2. The van der Waals surface area contributed by atoms with Crippen molar-refractivity contribution in [2.75, 3.05) is 26.7 Å². The molecule has 2 heterocycles. The summed E-state index contributed by atoms with van der Waals surface area (Å²) in [7, 11) is 2.01. The highest BCUT2D eigenvalue weighted by Gasteiger charge is 2.21. The van der Waals surface area contributed by atoms with Gasteiger partial charge in [-0.15, -0.1) is 0 Å². The number of nitrogens with one attached hydrogen (secondary N) is 1. The molecule has 1 atom stereocenters. The summed E-state index contributed by atoms with van der Waals surface area (Å²) < 4.78 is 7.22. The number of morpholine rings is 1. The second-order valence-corrected chi connectivity index (χ2v) is 5.30. The van der Waals surface area contributed by atoms with E-state index in [4.69, 9.17) is 4.74 Å². The van der Waals surface area contributed by atoms with E-state index in [-0.39, 0.29) is 17.4 Å². The molecular weight excluding hydrogens is 274 g/mol. The van der Waals surface area contributed by atoms with Gasteiger partial charge in [-0.25, -0.2) is 9.59 Å². The zero-order valence-corrected chi connectivity index (χ0v) is 11.7. The summed E-state index contributed by atoms with van der Waals surface area (Å²) >= 11 is 0. The Morgan fingerprint density at radius 1 is 1.52 bits per heavy atom. The number of nitrogens with zero attached hydrogens (tertiary/aromatic N) is 2. The van der Waals surface area contributed by atoms with Crippen molar-refractivity contribution < 1.29 is 14.6 Å². The molecule has 1 unspecified atom stereocenters. The molecule has 1 aromatic heterocycles. The van der Waals surface area contributed by atoms with Crippen molar-refractivity contribution in [3.63, 3.8) is 0 Å². The summed E-state index contributed by atoms with van der Waals surface area (Å²) in [6, 6.07) is 4.87. The van der Waals surface area contributed by atoms with Crippen LogP contribution in [0.15, 0.2) is 23.0 Å². The number of hydrogen-bond donors (Lipinski definition) is 2. The van der Waals surface area contributed by atoms with Gasteiger partial charge in [-0.05, 0) is 19.2 Å². The number of benzene rings is 1. The van der Waals surface area contributed by atoms with E-state index in [1.165, 1.54) is 6.07 Å². The van der Waals surface area contributed by atoms with E-state index in [9.17, 15) is 14.7 Å². The van der Waals surface area contributed by atoms with Crippen LogP contribution < -0.4 is 5.69 Å². The topological polar surface area (TPSA) is 87.6 Å². The zero-order chi connectivity index (χ0) is 15.0. The van der Waals surface area contributed by atoms with Gasteiger partial charge in [0.15, 0.2) is 0 Å². The monoisotopic (exact) mass is 291 g/mol. The maximum absolute atomic E-state index is 12.1. The number of hydrogen-bond acceptors (Lipinski definition) is 4. The molecule has 0 bridgehead atoms. The Morgan fingerprint density at radius 2 is 2.33 bits per heavy atom. The van der Waals surface area contributed by atoms with E-state index < -0.39 is 5.97 Å². The summed E-state index contributed by atoms with van der Waals surface area (Å²) in [5, 5.41) is 9.18. The van der Waals surface area contributed by atoms with E-state index in [2.05, 4.69) is 9.88 Å². The molecule has 2 N–H and O–H groups in total. The number of carbonyl (C=O) groups is 1. The second kappa shape index (κ2) is 5.34. The van der Waals surface area contributed by atoms with Crippen molar-refractivity contribution in [3.05, 3.63) is 34.2 Å². The Morgan fingerprint density at radius 3 is 3.05 bits per heavy atom. The molecule has 2 aromatic rings. The van der Waals surface area contributed by atoms with Gasteiger partial charge in [-0.3, -0.25) is 4.57 Å². The molecule has 0 saturated carbocycles. The van der Waals surface area contributed by atoms with Crippen LogP contribution in [0.25, 0.3) is 11.0 Å². The van der Waals surface area contributed by atoms with Gasteiger partial charge in [0, 0.05) is 13.1 Å². The van der Waals surface area contributed by atoms with Gasteiger partial charge in [-0.1, -0.05) is 6.07 Å². The molecule has 0 amide bonds. The highest BCUT2D eigenvalue weighted by atomic mass is 16.5. The van der Waals surface area contributed by atoms with Gasteiger partial charge in [-0.2, -0.15) is 0 Å². The molecule has 0 spiro atoms. The van der Waals surface area contributed by atoms with E-state index in [0.29, 0.717) is 24.2 Å². The molecule has 1 aromatic carbocycles. The van der Waals surface area contributed by atoms with Gasteiger partial charge < -0.3 is 19.7 Å². The minimum atomic E-state index is -1.05. The smallest absolute Gasteiger partial charge is 0.337 e. The quantitative estimate of drug-likeness (QED) is 0.852. The summed E-state index contributed by atoms with van der Waals surface area (Å²) in [4.78, 5) is 28.1. The SMILES string of the molecule is CN1CCOC(Cn2c(=O)[nH]c3c(C(=O)O)cccc32)C1. The molecule has 21 heavy (non-hydrogen) atoms. The van der Waals surface area contributed by atoms with Crippen molar-refractivity contribution in [2.24, 2.45) is 0 Å². The van der Waals surface area contributed by atoms with Crippen molar-refractivity contribution >= 4 is 17.0 Å². The third kappa shape index (κ3) is 2.57. The Kier molecular flexibility index (Phi) is 3.52. The van der Waals surface area contributed by atoms with Gasteiger partial charge >= 0.3 is 11.7 Å². The summed E-state index contributed by atoms with van der Waals surface area (Å²) in [6.45, 7) is 2.67. The highest BCUT2D eigenvalue weighted by molar-refractivity contribution is 6.00. The number of aromatic amines is 1. The summed E-state index contributed by atoms with van der Waals surface area (Å²) in [5.41, 5.74) is 0.747. The largest absolute Gasteiger partial charge is 0.478 e. The van der Waals surface area contributed by atoms with Crippen LogP contribution in [0.4, 0.5) is 0 Å². The fraction of sp³-hybridized carbons (Fsp3) is 0.429. The van der Waals surface area contributed by atoms with Crippen LogP contribution in [0.1, 0.15) is 10.4 Å². The molecule has 1 fully saturated rings. The first kappa shape index (κ1) is 13.8. The number of carboxylic acids is 1. The van der Waals surface area contributed by atoms with Crippen LogP contribution in [0.2, 0.25) is 0 Å². The van der Waals surface area contributed by atoms with Crippen molar-refractivity contribution in [3.8, 4) is 0 Å². The zero-order valence-electron chi connectivity index (χ0n) is 11.7. The first-order valence-electron chi connectivity index (χ1n) is 6.81. The molecule has 112 valence electrons. The number of rotatable bonds is 3. The normalized spacial score (nSPS) is 20.0.